The van der Waals surface area contributed by atoms with Crippen molar-refractivity contribution in [1.29, 1.82) is 0 Å². The molecule has 1 atom stereocenters. The van der Waals surface area contributed by atoms with E-state index in [4.69, 9.17) is 4.74 Å². The molecule has 132 valence electrons. The zero-order chi connectivity index (χ0) is 17.2. The van der Waals surface area contributed by atoms with E-state index in [-0.39, 0.29) is 17.4 Å². The molecule has 1 N–H and O–H groups in total. The van der Waals surface area contributed by atoms with E-state index >= 15 is 0 Å². The van der Waals surface area contributed by atoms with Crippen LogP contribution in [0.1, 0.15) is 32.6 Å². The summed E-state index contributed by atoms with van der Waals surface area (Å²) in [4.78, 5) is 14.3. The van der Waals surface area contributed by atoms with E-state index in [0.717, 1.165) is 25.7 Å². The van der Waals surface area contributed by atoms with Gasteiger partial charge in [-0.3, -0.25) is 0 Å². The van der Waals surface area contributed by atoms with Gasteiger partial charge in [0.05, 0.1) is 22.9 Å². The molecular weight excluding hydrogens is 328 g/mol. The minimum absolute atomic E-state index is 0.0310. The summed E-state index contributed by atoms with van der Waals surface area (Å²) >= 11 is 0. The molecule has 1 saturated heterocycles. The number of ether oxygens (including phenoxy) is 1. The van der Waals surface area contributed by atoms with Crippen molar-refractivity contribution in [3.05, 3.63) is 24.3 Å². The third-order valence-electron chi connectivity index (χ3n) is 4.70. The van der Waals surface area contributed by atoms with Crippen molar-refractivity contribution in [3.63, 3.8) is 0 Å². The standard InChI is InChI=1S/C17H24N2O4S/c1-13-12-19(10-11-23-13)17(20)18-14-6-8-16(9-7-14)24(21,22)15-4-2-3-5-15/h6-9,13,15H,2-5,10-12H2,1H3,(H,18,20)/t13-/m0/s1. The van der Waals surface area contributed by atoms with E-state index in [9.17, 15) is 13.2 Å². The van der Waals surface area contributed by atoms with Crippen molar-refractivity contribution in [2.75, 3.05) is 25.0 Å². The molecule has 1 saturated carbocycles. The van der Waals surface area contributed by atoms with Crippen LogP contribution in [0.4, 0.5) is 10.5 Å². The summed E-state index contributed by atoms with van der Waals surface area (Å²) in [6.45, 7) is 3.58. The molecule has 0 unspecified atom stereocenters. The Kier molecular flexibility index (Phi) is 5.10. The normalized spacial score (nSPS) is 22.5. The molecule has 0 radical (unpaired) electrons. The largest absolute Gasteiger partial charge is 0.375 e. The zero-order valence-corrected chi connectivity index (χ0v) is 14.7. The van der Waals surface area contributed by atoms with E-state index in [2.05, 4.69) is 5.32 Å². The summed E-state index contributed by atoms with van der Waals surface area (Å²) < 4.78 is 30.5. The van der Waals surface area contributed by atoms with Crippen LogP contribution in [0.5, 0.6) is 0 Å². The first kappa shape index (κ1) is 17.2. The Balaban J connectivity index is 1.65. The fraction of sp³-hybridized carbons (Fsp3) is 0.588. The Labute approximate surface area is 143 Å². The molecule has 0 spiro atoms. The summed E-state index contributed by atoms with van der Waals surface area (Å²) in [5, 5.41) is 2.56. The van der Waals surface area contributed by atoms with Gasteiger partial charge in [0.2, 0.25) is 0 Å². The fourth-order valence-corrected chi connectivity index (χ4v) is 5.18. The maximum Gasteiger partial charge on any atom is 0.322 e. The number of hydrogen-bond acceptors (Lipinski definition) is 4. The number of hydrogen-bond donors (Lipinski definition) is 1. The van der Waals surface area contributed by atoms with E-state index in [0.29, 0.717) is 30.3 Å². The van der Waals surface area contributed by atoms with Crippen LogP contribution in [-0.4, -0.2) is 50.4 Å². The second-order valence-corrected chi connectivity index (χ2v) is 8.76. The molecule has 0 bridgehead atoms. The molecule has 1 aromatic rings. The number of urea groups is 1. The van der Waals surface area contributed by atoms with Crippen molar-refractivity contribution in [3.8, 4) is 0 Å². The summed E-state index contributed by atoms with van der Waals surface area (Å²) in [7, 11) is -3.25. The second-order valence-electron chi connectivity index (χ2n) is 6.53. The number of morpholine rings is 1. The molecule has 1 aromatic carbocycles. The molecule has 0 aromatic heterocycles. The third kappa shape index (κ3) is 3.72. The number of sulfone groups is 1. The topological polar surface area (TPSA) is 75.7 Å². The van der Waals surface area contributed by atoms with Gasteiger partial charge in [0, 0.05) is 18.8 Å². The number of nitrogens with one attached hydrogen (secondary N) is 1. The van der Waals surface area contributed by atoms with Crippen LogP contribution in [0.2, 0.25) is 0 Å². The molecule has 6 nitrogen and oxygen atoms in total. The third-order valence-corrected chi connectivity index (χ3v) is 6.98. The second kappa shape index (κ2) is 7.11. The highest BCUT2D eigenvalue weighted by Crippen LogP contribution is 2.30. The lowest BCUT2D eigenvalue weighted by atomic mass is 10.3. The molecule has 7 heteroatoms. The van der Waals surface area contributed by atoms with Gasteiger partial charge in [0.15, 0.2) is 9.84 Å². The number of carbonyl (C=O) groups is 1. The lowest BCUT2D eigenvalue weighted by Gasteiger charge is -2.31. The van der Waals surface area contributed by atoms with Gasteiger partial charge in [0.25, 0.3) is 0 Å². The number of carbonyl (C=O) groups excluding carboxylic acids is 1. The highest BCUT2D eigenvalue weighted by Gasteiger charge is 2.30. The lowest BCUT2D eigenvalue weighted by molar-refractivity contribution is -0.00138. The molecule has 2 fully saturated rings. The summed E-state index contributed by atoms with van der Waals surface area (Å²) in [6.07, 6.45) is 3.49. The average molecular weight is 352 g/mol. The predicted molar refractivity (Wildman–Crippen MR) is 91.9 cm³/mol. The Hall–Kier alpha value is -1.60. The van der Waals surface area contributed by atoms with E-state index in [1.165, 1.54) is 0 Å². The maximum absolute atomic E-state index is 12.5. The van der Waals surface area contributed by atoms with Crippen LogP contribution in [0, 0.1) is 0 Å². The number of nitrogens with zero attached hydrogens (tertiary/aromatic N) is 1. The SMILES string of the molecule is C[C@H]1CN(C(=O)Nc2ccc(S(=O)(=O)C3CCCC3)cc2)CCO1. The summed E-state index contributed by atoms with van der Waals surface area (Å²) in [5.41, 5.74) is 0.601. The molecule has 1 aliphatic carbocycles. The molecule has 3 rings (SSSR count). The van der Waals surface area contributed by atoms with Gasteiger partial charge >= 0.3 is 6.03 Å². The number of amides is 2. The van der Waals surface area contributed by atoms with Gasteiger partial charge in [-0.1, -0.05) is 12.8 Å². The Bertz CT molecular complexity index is 681. The summed E-state index contributed by atoms with van der Waals surface area (Å²) in [5.74, 6) is 0. The number of rotatable bonds is 3. The highest BCUT2D eigenvalue weighted by atomic mass is 32.2. The number of benzene rings is 1. The monoisotopic (exact) mass is 352 g/mol. The summed E-state index contributed by atoms with van der Waals surface area (Å²) in [6, 6.07) is 6.31. The van der Waals surface area contributed by atoms with Gasteiger partial charge in [-0.2, -0.15) is 0 Å². The molecular formula is C17H24N2O4S. The van der Waals surface area contributed by atoms with Crippen molar-refractivity contribution in [1.82, 2.24) is 4.90 Å². The van der Waals surface area contributed by atoms with Gasteiger partial charge in [-0.25, -0.2) is 13.2 Å². The van der Waals surface area contributed by atoms with Crippen LogP contribution < -0.4 is 5.32 Å². The Morgan fingerprint density at radius 1 is 1.21 bits per heavy atom. The average Bonchev–Trinajstić information content (AvgIpc) is 3.10. The number of anilines is 1. The van der Waals surface area contributed by atoms with Crippen LogP contribution in [0.25, 0.3) is 0 Å². The first-order valence-corrected chi connectivity index (χ1v) is 10.0. The smallest absolute Gasteiger partial charge is 0.322 e. The Morgan fingerprint density at radius 3 is 2.50 bits per heavy atom. The van der Waals surface area contributed by atoms with Gasteiger partial charge in [0.1, 0.15) is 0 Å². The predicted octanol–water partition coefficient (Wildman–Crippen LogP) is 2.66. The van der Waals surface area contributed by atoms with Crippen LogP contribution in [0.15, 0.2) is 29.2 Å². The van der Waals surface area contributed by atoms with E-state index < -0.39 is 9.84 Å². The van der Waals surface area contributed by atoms with Gasteiger partial charge < -0.3 is 15.0 Å². The minimum atomic E-state index is -3.25. The molecule has 1 heterocycles. The van der Waals surface area contributed by atoms with Gasteiger partial charge in [-0.15, -0.1) is 0 Å². The quantitative estimate of drug-likeness (QED) is 0.907. The van der Waals surface area contributed by atoms with Crippen LogP contribution >= 0.6 is 0 Å². The minimum Gasteiger partial charge on any atom is -0.375 e. The molecule has 2 aliphatic rings. The fourth-order valence-electron chi connectivity index (χ4n) is 3.32. The van der Waals surface area contributed by atoms with Crippen LogP contribution in [-0.2, 0) is 14.6 Å². The van der Waals surface area contributed by atoms with E-state index in [1.54, 1.807) is 29.2 Å². The first-order chi connectivity index (χ1) is 11.5. The lowest BCUT2D eigenvalue weighted by Crippen LogP contribution is -2.46. The van der Waals surface area contributed by atoms with Gasteiger partial charge in [-0.05, 0) is 44.0 Å². The van der Waals surface area contributed by atoms with Crippen molar-refractivity contribution < 1.29 is 17.9 Å². The van der Waals surface area contributed by atoms with Crippen molar-refractivity contribution in [2.45, 2.75) is 48.9 Å². The molecule has 1 aliphatic heterocycles. The maximum atomic E-state index is 12.5. The first-order valence-electron chi connectivity index (χ1n) is 8.48. The van der Waals surface area contributed by atoms with Crippen molar-refractivity contribution >= 4 is 21.6 Å². The molecule has 2 amide bonds. The zero-order valence-electron chi connectivity index (χ0n) is 13.9. The Morgan fingerprint density at radius 2 is 1.88 bits per heavy atom. The highest BCUT2D eigenvalue weighted by molar-refractivity contribution is 7.92. The van der Waals surface area contributed by atoms with Crippen molar-refractivity contribution in [2.24, 2.45) is 0 Å². The van der Waals surface area contributed by atoms with E-state index in [1.807, 2.05) is 6.92 Å². The van der Waals surface area contributed by atoms with Crippen LogP contribution in [0.3, 0.4) is 0 Å². The molecule has 24 heavy (non-hydrogen) atoms.